The summed E-state index contributed by atoms with van der Waals surface area (Å²) in [4.78, 5) is 9.43. The number of aromatic nitrogens is 4. The molecule has 3 heterocycles. The van der Waals surface area contributed by atoms with Crippen LogP contribution in [0.5, 0.6) is 34.6 Å². The zero-order valence-corrected chi connectivity index (χ0v) is 21.7. The second-order valence-electron chi connectivity index (χ2n) is 9.40. The number of hydrogen-bond donors (Lipinski definition) is 1. The average Bonchev–Trinajstić information content (AvgIpc) is 3.42. The third-order valence-corrected chi connectivity index (χ3v) is 7.08. The first-order chi connectivity index (χ1) is 19.6. The Morgan fingerprint density at radius 3 is 2.62 bits per heavy atom. The fourth-order valence-electron chi connectivity index (χ4n) is 5.25. The van der Waals surface area contributed by atoms with Crippen LogP contribution < -0.4 is 18.9 Å². The molecule has 0 amide bonds. The Kier molecular flexibility index (Phi) is 5.62. The van der Waals surface area contributed by atoms with E-state index in [0.717, 1.165) is 33.2 Å². The van der Waals surface area contributed by atoms with Gasteiger partial charge in [0.1, 0.15) is 30.2 Å². The van der Waals surface area contributed by atoms with Gasteiger partial charge in [-0.2, -0.15) is 0 Å². The number of fused-ring (bicyclic) bond motifs is 5. The molecular weight excluding hydrogens is 508 g/mol. The Hall–Kier alpha value is -5.31. The molecule has 0 bridgehead atoms. The van der Waals surface area contributed by atoms with Crippen LogP contribution in [0.1, 0.15) is 28.4 Å². The number of benzene rings is 4. The van der Waals surface area contributed by atoms with Crippen molar-refractivity contribution in [3.05, 3.63) is 108 Å². The fraction of sp³-hybridized carbons (Fsp3) is 0.129. The van der Waals surface area contributed by atoms with Crippen LogP contribution in [0.25, 0.3) is 16.4 Å². The van der Waals surface area contributed by atoms with Crippen LogP contribution in [0.3, 0.4) is 0 Å². The molecule has 4 aromatic carbocycles. The summed E-state index contributed by atoms with van der Waals surface area (Å²) in [6.07, 6.45) is 1.57. The van der Waals surface area contributed by atoms with Crippen LogP contribution in [-0.2, 0) is 6.61 Å². The van der Waals surface area contributed by atoms with Gasteiger partial charge in [0.2, 0.25) is 5.88 Å². The van der Waals surface area contributed by atoms with Crippen LogP contribution in [0.2, 0.25) is 0 Å². The average molecular weight is 533 g/mol. The topological polar surface area (TPSA) is 100 Å². The lowest BCUT2D eigenvalue weighted by Crippen LogP contribution is -2.15. The molecule has 0 saturated heterocycles. The monoisotopic (exact) mass is 532 g/mol. The molecule has 0 saturated carbocycles. The van der Waals surface area contributed by atoms with Gasteiger partial charge in [-0.3, -0.25) is 0 Å². The third-order valence-electron chi connectivity index (χ3n) is 7.08. The quantitative estimate of drug-likeness (QED) is 0.284. The number of hydrogen-bond acceptors (Lipinski definition) is 8. The zero-order valence-electron chi connectivity index (χ0n) is 21.7. The second-order valence-corrected chi connectivity index (χ2v) is 9.40. The van der Waals surface area contributed by atoms with E-state index in [2.05, 4.69) is 22.2 Å². The first-order valence-electron chi connectivity index (χ1n) is 12.7. The normalized spacial score (nSPS) is 13.9. The molecule has 9 nitrogen and oxygen atoms in total. The molecule has 1 atom stereocenters. The number of nitrogens with zero attached hydrogens (tertiary/aromatic N) is 4. The summed E-state index contributed by atoms with van der Waals surface area (Å²) in [5, 5.41) is 16.9. The van der Waals surface area contributed by atoms with Crippen molar-refractivity contribution in [3.8, 4) is 34.6 Å². The number of rotatable bonds is 6. The molecule has 1 aliphatic heterocycles. The SMILES string of the molecule is COc1ccc([C@@H]2c3ccc(O)cc3Oc3ncn4nc(COc5cccc6ccccc56)nc4c32)cc1OC. The van der Waals surface area contributed by atoms with Gasteiger partial charge in [0.25, 0.3) is 0 Å². The molecular formula is C31H24N4O5. The standard InChI is InChI=1S/C31H24N4O5/c1-37-24-13-10-19(14-26(24)38-2)28-22-12-11-20(36)15-25(22)40-31-29(28)30-33-27(34-35(30)17-32-31)16-39-23-9-5-7-18-6-3-4-8-21(18)23/h3-15,17,28,36H,16H2,1-2H3/t28-/m1/s1. The Labute approximate surface area is 229 Å². The summed E-state index contributed by atoms with van der Waals surface area (Å²) in [7, 11) is 3.21. The van der Waals surface area contributed by atoms with Gasteiger partial charge in [0, 0.05) is 22.9 Å². The molecule has 2 aromatic heterocycles. The maximum Gasteiger partial charge on any atom is 0.228 e. The lowest BCUT2D eigenvalue weighted by molar-refractivity contribution is 0.299. The summed E-state index contributed by atoms with van der Waals surface area (Å²) < 4.78 is 25.0. The lowest BCUT2D eigenvalue weighted by atomic mass is 9.83. The predicted octanol–water partition coefficient (Wildman–Crippen LogP) is 5.87. The molecule has 1 aliphatic rings. The maximum atomic E-state index is 10.2. The van der Waals surface area contributed by atoms with E-state index < -0.39 is 0 Å². The predicted molar refractivity (Wildman–Crippen MR) is 148 cm³/mol. The van der Waals surface area contributed by atoms with Crippen LogP contribution in [0.4, 0.5) is 0 Å². The number of methoxy groups -OCH3 is 2. The molecule has 1 N–H and O–H groups in total. The van der Waals surface area contributed by atoms with E-state index in [4.69, 9.17) is 23.9 Å². The highest BCUT2D eigenvalue weighted by Gasteiger charge is 2.34. The van der Waals surface area contributed by atoms with Gasteiger partial charge in [0.15, 0.2) is 23.0 Å². The van der Waals surface area contributed by atoms with Crippen LogP contribution >= 0.6 is 0 Å². The number of aromatic hydroxyl groups is 1. The van der Waals surface area contributed by atoms with E-state index in [0.29, 0.717) is 34.6 Å². The van der Waals surface area contributed by atoms with E-state index in [1.807, 2.05) is 54.6 Å². The fourth-order valence-corrected chi connectivity index (χ4v) is 5.25. The number of ether oxygens (including phenoxy) is 4. The van der Waals surface area contributed by atoms with Crippen LogP contribution in [0.15, 0.2) is 85.2 Å². The van der Waals surface area contributed by atoms with Crippen molar-refractivity contribution >= 4 is 16.4 Å². The van der Waals surface area contributed by atoms with E-state index >= 15 is 0 Å². The lowest BCUT2D eigenvalue weighted by Gasteiger charge is -2.28. The minimum absolute atomic E-state index is 0.102. The van der Waals surface area contributed by atoms with Crippen LogP contribution in [0, 0.1) is 0 Å². The van der Waals surface area contributed by atoms with Crippen molar-refractivity contribution in [1.29, 1.82) is 0 Å². The minimum Gasteiger partial charge on any atom is -0.508 e. The molecule has 0 radical (unpaired) electrons. The molecule has 0 fully saturated rings. The van der Waals surface area contributed by atoms with E-state index in [1.54, 1.807) is 37.2 Å². The molecule has 198 valence electrons. The van der Waals surface area contributed by atoms with Crippen LogP contribution in [-0.4, -0.2) is 38.9 Å². The van der Waals surface area contributed by atoms with Crippen molar-refractivity contribution in [3.63, 3.8) is 0 Å². The summed E-state index contributed by atoms with van der Waals surface area (Å²) in [6, 6.07) is 24.9. The molecule has 6 aromatic rings. The Bertz CT molecular complexity index is 1900. The minimum atomic E-state index is -0.327. The molecule has 7 rings (SSSR count). The van der Waals surface area contributed by atoms with E-state index in [1.165, 1.54) is 0 Å². The van der Waals surface area contributed by atoms with Crippen molar-refractivity contribution in [1.82, 2.24) is 19.6 Å². The van der Waals surface area contributed by atoms with Gasteiger partial charge in [-0.25, -0.2) is 14.5 Å². The number of phenols is 1. The largest absolute Gasteiger partial charge is 0.508 e. The highest BCUT2D eigenvalue weighted by Crippen LogP contribution is 2.49. The molecule has 0 aliphatic carbocycles. The van der Waals surface area contributed by atoms with Crippen molar-refractivity contribution in [2.75, 3.05) is 14.2 Å². The van der Waals surface area contributed by atoms with Gasteiger partial charge in [-0.05, 0) is 35.2 Å². The Balaban J connectivity index is 1.33. The molecule has 0 unspecified atom stereocenters. The first kappa shape index (κ1) is 23.8. The summed E-state index contributed by atoms with van der Waals surface area (Å²) in [5.74, 6) is 3.16. The van der Waals surface area contributed by atoms with Gasteiger partial charge in [0.05, 0.1) is 19.8 Å². The summed E-state index contributed by atoms with van der Waals surface area (Å²) >= 11 is 0. The third kappa shape index (κ3) is 3.90. The van der Waals surface area contributed by atoms with E-state index in [9.17, 15) is 5.11 Å². The smallest absolute Gasteiger partial charge is 0.228 e. The summed E-state index contributed by atoms with van der Waals surface area (Å²) in [5.41, 5.74) is 3.11. The van der Waals surface area contributed by atoms with Crippen molar-refractivity contribution in [2.24, 2.45) is 0 Å². The van der Waals surface area contributed by atoms with Gasteiger partial charge >= 0.3 is 0 Å². The molecule has 40 heavy (non-hydrogen) atoms. The molecule has 0 spiro atoms. The Morgan fingerprint density at radius 1 is 0.900 bits per heavy atom. The highest BCUT2D eigenvalue weighted by atomic mass is 16.5. The summed E-state index contributed by atoms with van der Waals surface area (Å²) in [6.45, 7) is 0.177. The second kappa shape index (κ2) is 9.46. The van der Waals surface area contributed by atoms with Gasteiger partial charge in [-0.1, -0.05) is 48.5 Å². The first-order valence-corrected chi connectivity index (χ1v) is 12.7. The van der Waals surface area contributed by atoms with Gasteiger partial charge in [-0.15, -0.1) is 5.10 Å². The Morgan fingerprint density at radius 2 is 1.75 bits per heavy atom. The van der Waals surface area contributed by atoms with Crippen molar-refractivity contribution in [2.45, 2.75) is 12.5 Å². The van der Waals surface area contributed by atoms with Gasteiger partial charge < -0.3 is 24.1 Å². The number of phenolic OH excluding ortho intramolecular Hbond substituents is 1. The van der Waals surface area contributed by atoms with Crippen molar-refractivity contribution < 1.29 is 24.1 Å². The zero-order chi connectivity index (χ0) is 27.2. The highest BCUT2D eigenvalue weighted by molar-refractivity contribution is 5.88. The molecule has 9 heteroatoms. The van der Waals surface area contributed by atoms with E-state index in [-0.39, 0.29) is 18.3 Å². The maximum absolute atomic E-state index is 10.2.